The summed E-state index contributed by atoms with van der Waals surface area (Å²) in [5.74, 6) is 0.543. The second-order valence-electron chi connectivity index (χ2n) is 7.88. The van der Waals surface area contributed by atoms with Crippen molar-refractivity contribution in [3.05, 3.63) is 53.1 Å². The maximum Gasteiger partial charge on any atom is 0.274 e. The Kier molecular flexibility index (Phi) is 6.26. The van der Waals surface area contributed by atoms with Gasteiger partial charge in [-0.1, -0.05) is 29.5 Å². The van der Waals surface area contributed by atoms with Crippen molar-refractivity contribution in [2.75, 3.05) is 0 Å². The van der Waals surface area contributed by atoms with Gasteiger partial charge in [-0.25, -0.2) is 5.14 Å². The van der Waals surface area contributed by atoms with Gasteiger partial charge in [0, 0.05) is 17.2 Å². The van der Waals surface area contributed by atoms with Gasteiger partial charge in [0.25, 0.3) is 10.2 Å². The number of nitrogens with two attached hydrogens (primary N) is 1. The van der Waals surface area contributed by atoms with Crippen LogP contribution in [-0.2, 0) is 16.6 Å². The van der Waals surface area contributed by atoms with Crippen molar-refractivity contribution in [1.82, 2.24) is 14.9 Å². The lowest BCUT2D eigenvalue weighted by Crippen LogP contribution is -2.35. The second kappa shape index (κ2) is 8.96. The Morgan fingerprint density at radius 2 is 2.03 bits per heavy atom. The quantitative estimate of drug-likeness (QED) is 0.566. The summed E-state index contributed by atoms with van der Waals surface area (Å²) < 4.78 is 31.4. The molecule has 1 unspecified atom stereocenters. The molecule has 0 spiro atoms. The van der Waals surface area contributed by atoms with Crippen LogP contribution in [0.25, 0.3) is 21.1 Å². The molecule has 3 N–H and O–H groups in total. The predicted octanol–water partition coefficient (Wildman–Crippen LogP) is 3.70. The van der Waals surface area contributed by atoms with Gasteiger partial charge in [0.05, 0.1) is 11.7 Å². The van der Waals surface area contributed by atoms with Crippen molar-refractivity contribution in [2.45, 2.75) is 45.3 Å². The minimum absolute atomic E-state index is 0.0297. The molecule has 0 aliphatic heterocycles. The van der Waals surface area contributed by atoms with Gasteiger partial charge in [0.1, 0.15) is 21.8 Å². The largest absolute Gasteiger partial charge is 0.490 e. The van der Waals surface area contributed by atoms with Crippen LogP contribution in [0.2, 0.25) is 0 Å². The number of ether oxygens (including phenoxy) is 1. The SMILES string of the molecule is CC(C)Oc1ccc(-c2nnc(-c3cccc4c3CCCC4NS(N)(=O)=O)s2)cc1C#N. The molecule has 4 rings (SSSR count). The number of fused-ring (bicyclic) bond motifs is 1. The van der Waals surface area contributed by atoms with Crippen molar-refractivity contribution in [1.29, 1.82) is 5.26 Å². The van der Waals surface area contributed by atoms with Crippen LogP contribution in [0.15, 0.2) is 36.4 Å². The Labute approximate surface area is 191 Å². The fraction of sp³-hybridized carbons (Fsp3) is 0.318. The molecular weight excluding hydrogens is 446 g/mol. The minimum Gasteiger partial charge on any atom is -0.490 e. The molecule has 166 valence electrons. The standard InChI is InChI=1S/C22H23N5O3S2/c1-13(2)30-20-10-9-14(11-15(20)12-23)21-25-26-22(31-21)18-7-3-6-17-16(18)5-4-8-19(17)27-32(24,28)29/h3,6-7,9-11,13,19,27H,4-5,8H2,1-2H3,(H2,24,28,29). The number of hydrogen-bond donors (Lipinski definition) is 2. The van der Waals surface area contributed by atoms with Crippen LogP contribution in [-0.4, -0.2) is 24.7 Å². The molecule has 0 radical (unpaired) electrons. The summed E-state index contributed by atoms with van der Waals surface area (Å²) in [4.78, 5) is 0. The molecule has 0 fully saturated rings. The van der Waals surface area contributed by atoms with E-state index in [1.165, 1.54) is 11.3 Å². The van der Waals surface area contributed by atoms with Crippen LogP contribution >= 0.6 is 11.3 Å². The summed E-state index contributed by atoms with van der Waals surface area (Å²) in [5, 5.41) is 24.9. The number of hydrogen-bond acceptors (Lipinski definition) is 7. The van der Waals surface area contributed by atoms with E-state index < -0.39 is 10.2 Å². The first-order valence-electron chi connectivity index (χ1n) is 10.2. The van der Waals surface area contributed by atoms with Gasteiger partial charge >= 0.3 is 0 Å². The third kappa shape index (κ3) is 4.81. The predicted molar refractivity (Wildman–Crippen MR) is 123 cm³/mol. The van der Waals surface area contributed by atoms with E-state index in [-0.39, 0.29) is 12.1 Å². The fourth-order valence-corrected chi connectivity index (χ4v) is 5.46. The molecule has 1 atom stereocenters. The zero-order valence-corrected chi connectivity index (χ0v) is 19.3. The number of aromatic nitrogens is 2. The first-order chi connectivity index (χ1) is 15.2. The van der Waals surface area contributed by atoms with E-state index in [1.807, 2.05) is 38.1 Å². The molecular formula is C22H23N5O3S2. The lowest BCUT2D eigenvalue weighted by atomic mass is 9.85. The Balaban J connectivity index is 1.68. The zero-order valence-electron chi connectivity index (χ0n) is 17.7. The molecule has 0 saturated carbocycles. The van der Waals surface area contributed by atoms with Gasteiger partial charge < -0.3 is 4.74 Å². The number of benzene rings is 2. The van der Waals surface area contributed by atoms with Gasteiger partial charge in [0.2, 0.25) is 0 Å². The maximum absolute atomic E-state index is 11.6. The highest BCUT2D eigenvalue weighted by Gasteiger charge is 2.26. The maximum atomic E-state index is 11.6. The molecule has 10 heteroatoms. The van der Waals surface area contributed by atoms with Gasteiger partial charge in [-0.2, -0.15) is 18.4 Å². The summed E-state index contributed by atoms with van der Waals surface area (Å²) in [7, 11) is -3.81. The topological polar surface area (TPSA) is 131 Å². The van der Waals surface area contributed by atoms with Crippen LogP contribution in [0, 0.1) is 11.3 Å². The molecule has 8 nitrogen and oxygen atoms in total. The first-order valence-corrected chi connectivity index (χ1v) is 12.6. The lowest BCUT2D eigenvalue weighted by molar-refractivity contribution is 0.242. The van der Waals surface area contributed by atoms with Crippen molar-refractivity contribution in [3.63, 3.8) is 0 Å². The van der Waals surface area contributed by atoms with Crippen LogP contribution in [0.1, 0.15) is 49.4 Å². The van der Waals surface area contributed by atoms with Crippen LogP contribution in [0.5, 0.6) is 5.75 Å². The summed E-state index contributed by atoms with van der Waals surface area (Å²) in [5.41, 5.74) is 4.15. The Hall–Kier alpha value is -2.84. The number of nitrogens with one attached hydrogen (secondary N) is 1. The second-order valence-corrected chi connectivity index (χ2v) is 10.2. The lowest BCUT2D eigenvalue weighted by Gasteiger charge is -2.26. The summed E-state index contributed by atoms with van der Waals surface area (Å²) >= 11 is 1.43. The van der Waals surface area contributed by atoms with E-state index in [2.05, 4.69) is 21.0 Å². The van der Waals surface area contributed by atoms with E-state index in [0.29, 0.717) is 22.7 Å². The molecule has 0 saturated heterocycles. The minimum atomic E-state index is -3.81. The van der Waals surface area contributed by atoms with E-state index in [4.69, 9.17) is 9.88 Å². The van der Waals surface area contributed by atoms with Crippen molar-refractivity contribution < 1.29 is 13.2 Å². The zero-order chi connectivity index (χ0) is 22.9. The third-order valence-corrected chi connectivity index (χ3v) is 6.80. The van der Waals surface area contributed by atoms with Crippen LogP contribution in [0.3, 0.4) is 0 Å². The summed E-state index contributed by atoms with van der Waals surface area (Å²) in [6, 6.07) is 13.0. The number of rotatable bonds is 6. The van der Waals surface area contributed by atoms with E-state index in [1.54, 1.807) is 12.1 Å². The highest BCUT2D eigenvalue weighted by molar-refractivity contribution is 7.87. The Morgan fingerprint density at radius 3 is 2.75 bits per heavy atom. The molecule has 32 heavy (non-hydrogen) atoms. The fourth-order valence-electron chi connectivity index (χ4n) is 3.93. The molecule has 1 aromatic heterocycles. The summed E-state index contributed by atoms with van der Waals surface area (Å²) in [6.07, 6.45) is 2.32. The van der Waals surface area contributed by atoms with Gasteiger partial charge in [-0.3, -0.25) is 0 Å². The molecule has 3 aromatic rings. The smallest absolute Gasteiger partial charge is 0.274 e. The highest BCUT2D eigenvalue weighted by atomic mass is 32.2. The molecule has 1 aliphatic carbocycles. The average molecular weight is 470 g/mol. The third-order valence-electron chi connectivity index (χ3n) is 5.18. The van der Waals surface area contributed by atoms with Crippen molar-refractivity contribution in [3.8, 4) is 33.0 Å². The monoisotopic (exact) mass is 469 g/mol. The van der Waals surface area contributed by atoms with Crippen molar-refractivity contribution >= 4 is 21.5 Å². The van der Waals surface area contributed by atoms with Gasteiger partial charge in [-0.05, 0) is 62.4 Å². The van der Waals surface area contributed by atoms with Gasteiger partial charge in [0.15, 0.2) is 0 Å². The average Bonchev–Trinajstić information content (AvgIpc) is 3.22. The molecule has 0 amide bonds. The van der Waals surface area contributed by atoms with E-state index >= 15 is 0 Å². The number of nitriles is 1. The van der Waals surface area contributed by atoms with Gasteiger partial charge in [-0.15, -0.1) is 10.2 Å². The van der Waals surface area contributed by atoms with Crippen LogP contribution < -0.4 is 14.6 Å². The Morgan fingerprint density at radius 1 is 1.25 bits per heavy atom. The highest BCUT2D eigenvalue weighted by Crippen LogP contribution is 2.39. The summed E-state index contributed by atoms with van der Waals surface area (Å²) in [6.45, 7) is 3.82. The Bertz CT molecular complexity index is 1300. The van der Waals surface area contributed by atoms with E-state index in [9.17, 15) is 13.7 Å². The van der Waals surface area contributed by atoms with Crippen LogP contribution in [0.4, 0.5) is 0 Å². The normalized spacial score (nSPS) is 15.9. The first kappa shape index (κ1) is 22.4. The molecule has 1 heterocycles. The van der Waals surface area contributed by atoms with E-state index in [0.717, 1.165) is 40.1 Å². The molecule has 1 aliphatic rings. The van der Waals surface area contributed by atoms with Crippen molar-refractivity contribution in [2.24, 2.45) is 5.14 Å². The number of nitrogens with zero attached hydrogens (tertiary/aromatic N) is 3. The molecule has 0 bridgehead atoms. The molecule has 2 aromatic carbocycles.